The highest BCUT2D eigenvalue weighted by molar-refractivity contribution is 5.68. The molecule has 1 aliphatic heterocycles. The van der Waals surface area contributed by atoms with E-state index in [1.807, 2.05) is 11.0 Å². The maximum absolute atomic E-state index is 12.3. The summed E-state index contributed by atoms with van der Waals surface area (Å²) >= 11 is 0. The summed E-state index contributed by atoms with van der Waals surface area (Å²) in [4.78, 5) is 14.1. The molecule has 23 heavy (non-hydrogen) atoms. The van der Waals surface area contributed by atoms with Crippen molar-refractivity contribution >= 4 is 6.09 Å². The van der Waals surface area contributed by atoms with E-state index in [0.717, 1.165) is 25.8 Å². The maximum atomic E-state index is 12.3. The first-order valence-electron chi connectivity index (χ1n) is 8.51. The van der Waals surface area contributed by atoms with Gasteiger partial charge in [0.2, 0.25) is 0 Å². The Morgan fingerprint density at radius 1 is 1.26 bits per heavy atom. The number of hydrogen-bond donors (Lipinski definition) is 0. The molecule has 122 valence electrons. The molecule has 0 aromatic heterocycles. The molecule has 1 aromatic carbocycles. The van der Waals surface area contributed by atoms with Crippen molar-refractivity contribution in [2.45, 2.75) is 45.6 Å². The number of carbonyl (C=O) groups excluding carboxylic acids is 1. The Balaban J connectivity index is 1.59. The van der Waals surface area contributed by atoms with Crippen molar-refractivity contribution in [3.8, 4) is 0 Å². The lowest BCUT2D eigenvalue weighted by atomic mass is 9.93. The van der Waals surface area contributed by atoms with Crippen LogP contribution in [0.15, 0.2) is 42.0 Å². The number of fused-ring (bicyclic) bond motifs is 1. The van der Waals surface area contributed by atoms with Gasteiger partial charge in [0.05, 0.1) is 0 Å². The average Bonchev–Trinajstić information content (AvgIpc) is 2.59. The second kappa shape index (κ2) is 7.03. The Kier molecular flexibility index (Phi) is 4.85. The number of amides is 1. The molecule has 0 fully saturated rings. The van der Waals surface area contributed by atoms with E-state index in [-0.39, 0.29) is 6.09 Å². The number of allylic oxidation sites excluding steroid dienone is 3. The Bertz CT molecular complexity index is 643. The minimum Gasteiger partial charge on any atom is -0.445 e. The molecule has 3 nitrogen and oxygen atoms in total. The summed E-state index contributed by atoms with van der Waals surface area (Å²) in [6.45, 7) is 6.24. The van der Waals surface area contributed by atoms with Crippen molar-refractivity contribution in [3.63, 3.8) is 0 Å². The molecular formula is C20H25NO2. The van der Waals surface area contributed by atoms with Gasteiger partial charge in [-0.1, -0.05) is 50.3 Å². The van der Waals surface area contributed by atoms with E-state index in [4.69, 9.17) is 4.74 Å². The lowest BCUT2D eigenvalue weighted by Gasteiger charge is -2.29. The second-order valence-corrected chi connectivity index (χ2v) is 6.70. The summed E-state index contributed by atoms with van der Waals surface area (Å²) in [5, 5.41) is 0. The molecule has 0 saturated heterocycles. The SMILES string of the molecule is CC(C)c1ccc2c(c1)CCN(C(=O)OCC1=CC=CCC1)C2. The number of nitrogens with zero attached hydrogens (tertiary/aromatic N) is 1. The molecule has 0 atom stereocenters. The molecule has 0 saturated carbocycles. The fourth-order valence-corrected chi connectivity index (χ4v) is 3.11. The van der Waals surface area contributed by atoms with Crippen molar-refractivity contribution < 1.29 is 9.53 Å². The molecule has 1 amide bonds. The van der Waals surface area contributed by atoms with Crippen LogP contribution in [0.1, 0.15) is 49.3 Å². The van der Waals surface area contributed by atoms with Crippen molar-refractivity contribution in [1.29, 1.82) is 0 Å². The third-order valence-electron chi connectivity index (χ3n) is 4.65. The van der Waals surface area contributed by atoms with Gasteiger partial charge in [-0.05, 0) is 47.4 Å². The van der Waals surface area contributed by atoms with Crippen molar-refractivity contribution in [1.82, 2.24) is 4.90 Å². The predicted molar refractivity (Wildman–Crippen MR) is 92.5 cm³/mol. The summed E-state index contributed by atoms with van der Waals surface area (Å²) < 4.78 is 5.48. The highest BCUT2D eigenvalue weighted by atomic mass is 16.6. The van der Waals surface area contributed by atoms with Gasteiger partial charge in [0.25, 0.3) is 0 Å². The Labute approximate surface area is 138 Å². The molecule has 0 bridgehead atoms. The quantitative estimate of drug-likeness (QED) is 0.817. The van der Waals surface area contributed by atoms with Crippen LogP contribution in [0, 0.1) is 0 Å². The first-order chi connectivity index (χ1) is 11.1. The van der Waals surface area contributed by atoms with Gasteiger partial charge in [-0.3, -0.25) is 0 Å². The zero-order valence-corrected chi connectivity index (χ0v) is 14.0. The fraction of sp³-hybridized carbons (Fsp3) is 0.450. The van der Waals surface area contributed by atoms with Crippen LogP contribution in [-0.4, -0.2) is 24.1 Å². The number of rotatable bonds is 3. The van der Waals surface area contributed by atoms with E-state index in [9.17, 15) is 4.79 Å². The van der Waals surface area contributed by atoms with Crippen LogP contribution < -0.4 is 0 Å². The molecule has 1 heterocycles. The number of hydrogen-bond acceptors (Lipinski definition) is 2. The first-order valence-corrected chi connectivity index (χ1v) is 8.51. The van der Waals surface area contributed by atoms with Gasteiger partial charge in [-0.2, -0.15) is 0 Å². The van der Waals surface area contributed by atoms with E-state index in [1.165, 1.54) is 22.3 Å². The third kappa shape index (κ3) is 3.84. The minimum absolute atomic E-state index is 0.195. The normalized spacial score (nSPS) is 17.0. The van der Waals surface area contributed by atoms with Gasteiger partial charge in [-0.25, -0.2) is 4.79 Å². The van der Waals surface area contributed by atoms with E-state index in [2.05, 4.69) is 44.2 Å². The van der Waals surface area contributed by atoms with Crippen LogP contribution in [-0.2, 0) is 17.7 Å². The molecular weight excluding hydrogens is 286 g/mol. The molecule has 0 spiro atoms. The van der Waals surface area contributed by atoms with E-state index in [1.54, 1.807) is 0 Å². The highest BCUT2D eigenvalue weighted by Gasteiger charge is 2.22. The van der Waals surface area contributed by atoms with Crippen LogP contribution in [0.4, 0.5) is 4.79 Å². The number of benzene rings is 1. The molecule has 0 N–H and O–H groups in total. The summed E-state index contributed by atoms with van der Waals surface area (Å²) in [5.41, 5.74) is 5.19. The van der Waals surface area contributed by atoms with Gasteiger partial charge in [0.1, 0.15) is 6.61 Å². The van der Waals surface area contributed by atoms with Gasteiger partial charge in [0.15, 0.2) is 0 Å². The zero-order valence-electron chi connectivity index (χ0n) is 14.0. The fourth-order valence-electron chi connectivity index (χ4n) is 3.11. The highest BCUT2D eigenvalue weighted by Crippen LogP contribution is 2.24. The largest absolute Gasteiger partial charge is 0.445 e. The smallest absolute Gasteiger partial charge is 0.410 e. The summed E-state index contributed by atoms with van der Waals surface area (Å²) in [6.07, 6.45) is 8.98. The molecule has 2 aliphatic rings. The van der Waals surface area contributed by atoms with Crippen molar-refractivity contribution in [2.24, 2.45) is 0 Å². The van der Waals surface area contributed by atoms with Gasteiger partial charge in [-0.15, -0.1) is 0 Å². The van der Waals surface area contributed by atoms with Crippen molar-refractivity contribution in [2.75, 3.05) is 13.2 Å². The Hall–Kier alpha value is -2.03. The van der Waals surface area contributed by atoms with Crippen molar-refractivity contribution in [3.05, 3.63) is 58.7 Å². The van der Waals surface area contributed by atoms with Crippen LogP contribution in [0.25, 0.3) is 0 Å². The molecule has 3 rings (SSSR count). The summed E-state index contributed by atoms with van der Waals surface area (Å²) in [7, 11) is 0. The number of carbonyl (C=O) groups is 1. The molecule has 1 aromatic rings. The molecule has 0 unspecified atom stereocenters. The van der Waals surface area contributed by atoms with Crippen LogP contribution in [0.5, 0.6) is 0 Å². The van der Waals surface area contributed by atoms with E-state index < -0.39 is 0 Å². The Morgan fingerprint density at radius 2 is 2.13 bits per heavy atom. The summed E-state index contributed by atoms with van der Waals surface area (Å²) in [6, 6.07) is 6.64. The minimum atomic E-state index is -0.195. The topological polar surface area (TPSA) is 29.5 Å². The monoisotopic (exact) mass is 311 g/mol. The van der Waals surface area contributed by atoms with E-state index >= 15 is 0 Å². The van der Waals surface area contributed by atoms with Crippen LogP contribution in [0.2, 0.25) is 0 Å². The third-order valence-corrected chi connectivity index (χ3v) is 4.65. The second-order valence-electron chi connectivity index (χ2n) is 6.70. The zero-order chi connectivity index (χ0) is 16.2. The summed E-state index contributed by atoms with van der Waals surface area (Å²) in [5.74, 6) is 0.543. The Morgan fingerprint density at radius 3 is 2.87 bits per heavy atom. The maximum Gasteiger partial charge on any atom is 0.410 e. The lowest BCUT2D eigenvalue weighted by molar-refractivity contribution is 0.105. The van der Waals surface area contributed by atoms with Crippen LogP contribution >= 0.6 is 0 Å². The van der Waals surface area contributed by atoms with Gasteiger partial charge >= 0.3 is 6.09 Å². The van der Waals surface area contributed by atoms with Crippen LogP contribution in [0.3, 0.4) is 0 Å². The first kappa shape index (κ1) is 15.9. The average molecular weight is 311 g/mol. The molecule has 3 heteroatoms. The number of ether oxygens (including phenoxy) is 1. The molecule has 0 radical (unpaired) electrons. The lowest BCUT2D eigenvalue weighted by Crippen LogP contribution is -2.36. The van der Waals surface area contributed by atoms with E-state index in [0.29, 0.717) is 19.1 Å². The predicted octanol–water partition coefficient (Wildman–Crippen LogP) is 4.58. The van der Waals surface area contributed by atoms with Gasteiger partial charge in [0, 0.05) is 13.1 Å². The van der Waals surface area contributed by atoms with Gasteiger partial charge < -0.3 is 9.64 Å². The molecule has 1 aliphatic carbocycles. The standard InChI is InChI=1S/C20H25NO2/c1-15(2)17-8-9-19-13-21(11-10-18(19)12-17)20(22)23-14-16-6-4-3-5-7-16/h3-4,6,8-9,12,15H,5,7,10-11,13-14H2,1-2H3.